The predicted octanol–water partition coefficient (Wildman–Crippen LogP) is 4.92. The number of rotatable bonds is 7. The van der Waals surface area contributed by atoms with Gasteiger partial charge in [-0.25, -0.2) is 18.2 Å². The van der Waals surface area contributed by atoms with E-state index in [2.05, 4.69) is 21.4 Å². The summed E-state index contributed by atoms with van der Waals surface area (Å²) in [6.07, 6.45) is 6.02. The number of carboxylic acids is 1. The molecule has 0 bridgehead atoms. The van der Waals surface area contributed by atoms with Gasteiger partial charge in [0.05, 0.1) is 16.0 Å². The van der Waals surface area contributed by atoms with E-state index in [1.54, 1.807) is 36.4 Å². The zero-order valence-electron chi connectivity index (χ0n) is 21.2. The number of hydrogen-bond donors (Lipinski definition) is 2. The SMILES string of the molecule is CCN1CCN(c2cc(C(=O)O)c3cc(NS(=O)(=O)c4ccc(C5CCCCC5)cc4)ccc3n2)CC1. The Hall–Kier alpha value is -3.17. The quantitative estimate of drug-likeness (QED) is 0.454. The lowest BCUT2D eigenvalue weighted by Crippen LogP contribution is -2.46. The maximum atomic E-state index is 13.1. The topological polar surface area (TPSA) is 103 Å². The molecule has 1 saturated heterocycles. The number of hydrogen-bond acceptors (Lipinski definition) is 6. The lowest BCUT2D eigenvalue weighted by Gasteiger charge is -2.35. The summed E-state index contributed by atoms with van der Waals surface area (Å²) in [5.41, 5.74) is 2.12. The van der Waals surface area contributed by atoms with Crippen LogP contribution in [0.3, 0.4) is 0 Å². The standard InChI is InChI=1S/C28H34N4O4S/c1-2-31-14-16-32(17-15-31)27-19-25(28(33)34)24-18-22(10-13-26(24)29-27)30-37(35,36)23-11-8-21(9-12-23)20-6-4-3-5-7-20/h8-13,18-20,30H,2-7,14-17H2,1H3,(H,33,34). The number of aromatic carboxylic acids is 1. The van der Waals surface area contributed by atoms with Crippen molar-refractivity contribution >= 4 is 38.4 Å². The Bertz CT molecular complexity index is 1380. The minimum absolute atomic E-state index is 0.107. The van der Waals surface area contributed by atoms with Crippen molar-refractivity contribution in [2.75, 3.05) is 42.3 Å². The minimum Gasteiger partial charge on any atom is -0.478 e. The molecular weight excluding hydrogens is 488 g/mol. The summed E-state index contributed by atoms with van der Waals surface area (Å²) in [6.45, 7) is 6.49. The first-order chi connectivity index (χ1) is 17.8. The molecule has 0 amide bonds. The fraction of sp³-hybridized carbons (Fsp3) is 0.429. The van der Waals surface area contributed by atoms with E-state index in [0.29, 0.717) is 28.3 Å². The highest BCUT2D eigenvalue weighted by Gasteiger charge is 2.22. The van der Waals surface area contributed by atoms with Crippen LogP contribution in [0.15, 0.2) is 53.4 Å². The molecule has 37 heavy (non-hydrogen) atoms. The Morgan fingerprint density at radius 1 is 1.00 bits per heavy atom. The molecule has 3 aromatic rings. The van der Waals surface area contributed by atoms with Gasteiger partial charge in [-0.15, -0.1) is 0 Å². The number of piperazine rings is 1. The summed E-state index contributed by atoms with van der Waals surface area (Å²) in [5, 5.41) is 10.3. The molecule has 1 aliphatic carbocycles. The number of aromatic nitrogens is 1. The summed E-state index contributed by atoms with van der Waals surface area (Å²) >= 11 is 0. The van der Waals surface area contributed by atoms with Crippen LogP contribution in [-0.2, 0) is 10.0 Å². The summed E-state index contributed by atoms with van der Waals surface area (Å²) in [7, 11) is -3.83. The van der Waals surface area contributed by atoms with Gasteiger partial charge in [-0.3, -0.25) is 4.72 Å². The first-order valence-corrected chi connectivity index (χ1v) is 14.6. The van der Waals surface area contributed by atoms with E-state index in [1.165, 1.54) is 24.8 Å². The number of nitrogens with one attached hydrogen (secondary N) is 1. The van der Waals surface area contributed by atoms with Crippen molar-refractivity contribution in [3.8, 4) is 0 Å². The zero-order valence-corrected chi connectivity index (χ0v) is 22.0. The van der Waals surface area contributed by atoms with Gasteiger partial charge in [0.25, 0.3) is 10.0 Å². The average Bonchev–Trinajstić information content (AvgIpc) is 2.93. The highest BCUT2D eigenvalue weighted by atomic mass is 32.2. The summed E-state index contributed by atoms with van der Waals surface area (Å²) in [5.74, 6) is 0.0625. The third-order valence-electron chi connectivity index (χ3n) is 7.69. The average molecular weight is 523 g/mol. The van der Waals surface area contributed by atoms with E-state index in [-0.39, 0.29) is 10.5 Å². The first kappa shape index (κ1) is 25.5. The Balaban J connectivity index is 1.38. The van der Waals surface area contributed by atoms with E-state index in [9.17, 15) is 18.3 Å². The van der Waals surface area contributed by atoms with Crippen molar-refractivity contribution in [1.29, 1.82) is 0 Å². The second-order valence-corrected chi connectivity index (χ2v) is 11.7. The summed E-state index contributed by atoms with van der Waals surface area (Å²) < 4.78 is 28.8. The molecule has 196 valence electrons. The van der Waals surface area contributed by atoms with Gasteiger partial charge >= 0.3 is 5.97 Å². The summed E-state index contributed by atoms with van der Waals surface area (Å²) in [6, 6.07) is 13.6. The van der Waals surface area contributed by atoms with Gasteiger partial charge in [0, 0.05) is 37.3 Å². The van der Waals surface area contributed by atoms with E-state index < -0.39 is 16.0 Å². The van der Waals surface area contributed by atoms with Crippen LogP contribution in [0.25, 0.3) is 10.9 Å². The monoisotopic (exact) mass is 522 g/mol. The molecule has 0 spiro atoms. The summed E-state index contributed by atoms with van der Waals surface area (Å²) in [4.78, 5) is 21.5. The molecule has 1 aromatic heterocycles. The van der Waals surface area contributed by atoms with Crippen molar-refractivity contribution in [2.24, 2.45) is 0 Å². The van der Waals surface area contributed by atoms with Gasteiger partial charge in [0.1, 0.15) is 5.82 Å². The van der Waals surface area contributed by atoms with Crippen molar-refractivity contribution < 1.29 is 18.3 Å². The molecule has 5 rings (SSSR count). The molecule has 2 aromatic carbocycles. The van der Waals surface area contributed by atoms with Crippen LogP contribution in [0.2, 0.25) is 0 Å². The zero-order chi connectivity index (χ0) is 26.0. The molecule has 9 heteroatoms. The maximum Gasteiger partial charge on any atom is 0.336 e. The molecule has 0 unspecified atom stereocenters. The van der Waals surface area contributed by atoms with Gasteiger partial charge in [-0.2, -0.15) is 0 Å². The Labute approximate surface area is 218 Å². The Morgan fingerprint density at radius 3 is 2.35 bits per heavy atom. The molecule has 8 nitrogen and oxygen atoms in total. The number of anilines is 2. The van der Waals surface area contributed by atoms with E-state index in [0.717, 1.165) is 45.6 Å². The van der Waals surface area contributed by atoms with Crippen LogP contribution in [0.4, 0.5) is 11.5 Å². The van der Waals surface area contributed by atoms with E-state index in [4.69, 9.17) is 4.98 Å². The molecule has 2 N–H and O–H groups in total. The second-order valence-electron chi connectivity index (χ2n) is 10.00. The van der Waals surface area contributed by atoms with Gasteiger partial charge in [0.2, 0.25) is 0 Å². The third-order valence-corrected chi connectivity index (χ3v) is 9.09. The van der Waals surface area contributed by atoms with Crippen LogP contribution in [0.1, 0.15) is 60.9 Å². The largest absolute Gasteiger partial charge is 0.478 e. The van der Waals surface area contributed by atoms with Crippen LogP contribution < -0.4 is 9.62 Å². The third kappa shape index (κ3) is 5.57. The fourth-order valence-electron chi connectivity index (χ4n) is 5.48. The smallest absolute Gasteiger partial charge is 0.336 e. The highest BCUT2D eigenvalue weighted by molar-refractivity contribution is 7.92. The number of nitrogens with zero attached hydrogens (tertiary/aromatic N) is 3. The van der Waals surface area contributed by atoms with Crippen LogP contribution in [-0.4, -0.2) is 62.1 Å². The van der Waals surface area contributed by atoms with Crippen molar-refractivity contribution in [3.05, 3.63) is 59.7 Å². The van der Waals surface area contributed by atoms with E-state index >= 15 is 0 Å². The van der Waals surface area contributed by atoms with Crippen molar-refractivity contribution in [1.82, 2.24) is 9.88 Å². The number of benzene rings is 2. The van der Waals surface area contributed by atoms with Crippen LogP contribution >= 0.6 is 0 Å². The van der Waals surface area contributed by atoms with Gasteiger partial charge in [-0.1, -0.05) is 38.3 Å². The van der Waals surface area contributed by atoms with Gasteiger partial charge in [-0.05, 0) is 67.3 Å². The van der Waals surface area contributed by atoms with E-state index in [1.807, 2.05) is 12.1 Å². The molecule has 2 fully saturated rings. The number of carbonyl (C=O) groups is 1. The lowest BCUT2D eigenvalue weighted by atomic mass is 9.84. The number of carboxylic acid groups (broad SMARTS) is 1. The number of likely N-dealkylation sites (N-methyl/N-ethyl adjacent to an activating group) is 1. The maximum absolute atomic E-state index is 13.1. The number of pyridine rings is 1. The molecule has 0 radical (unpaired) electrons. The number of fused-ring (bicyclic) bond motifs is 1. The molecule has 2 aliphatic rings. The fourth-order valence-corrected chi connectivity index (χ4v) is 6.53. The molecule has 1 saturated carbocycles. The van der Waals surface area contributed by atoms with Gasteiger partial charge in [0.15, 0.2) is 0 Å². The van der Waals surface area contributed by atoms with Crippen molar-refractivity contribution in [3.63, 3.8) is 0 Å². The minimum atomic E-state index is -3.83. The van der Waals surface area contributed by atoms with Gasteiger partial charge < -0.3 is 14.9 Å². The molecule has 2 heterocycles. The number of sulfonamides is 1. The predicted molar refractivity (Wildman–Crippen MR) is 146 cm³/mol. The van der Waals surface area contributed by atoms with Crippen LogP contribution in [0.5, 0.6) is 0 Å². The van der Waals surface area contributed by atoms with Crippen molar-refractivity contribution in [2.45, 2.75) is 49.8 Å². The van der Waals surface area contributed by atoms with Crippen LogP contribution in [0, 0.1) is 0 Å². The molecule has 1 aliphatic heterocycles. The first-order valence-electron chi connectivity index (χ1n) is 13.1. The normalized spacial score (nSPS) is 17.7. The highest BCUT2D eigenvalue weighted by Crippen LogP contribution is 2.33. The lowest BCUT2D eigenvalue weighted by molar-refractivity contribution is 0.0699. The molecule has 0 atom stereocenters. The molecular formula is C28H34N4O4S. The Morgan fingerprint density at radius 2 is 1.70 bits per heavy atom. The second kappa shape index (κ2) is 10.7. The Kier molecular flexibility index (Phi) is 7.35.